The fraction of sp³-hybridized carbons (Fsp3) is 0.235. The lowest BCUT2D eigenvalue weighted by atomic mass is 9.92. The van der Waals surface area contributed by atoms with Crippen molar-refractivity contribution in [2.24, 2.45) is 5.92 Å². The second-order valence-electron chi connectivity index (χ2n) is 5.38. The van der Waals surface area contributed by atoms with Gasteiger partial charge in [0.05, 0.1) is 5.92 Å². The van der Waals surface area contributed by atoms with Crippen molar-refractivity contribution in [3.63, 3.8) is 0 Å². The Morgan fingerprint density at radius 1 is 1.24 bits per heavy atom. The largest absolute Gasteiger partial charge is 0.481 e. The molecule has 0 aromatic heterocycles. The van der Waals surface area contributed by atoms with Crippen LogP contribution in [0.4, 0.5) is 5.69 Å². The van der Waals surface area contributed by atoms with Crippen molar-refractivity contribution in [1.29, 1.82) is 0 Å². The number of para-hydroxylation sites is 1. The summed E-state index contributed by atoms with van der Waals surface area (Å²) in [5.74, 6) is -1.10. The van der Waals surface area contributed by atoms with Gasteiger partial charge in [0, 0.05) is 23.8 Å². The molecular weight excluding hydrogens is 286 g/mol. The summed E-state index contributed by atoms with van der Waals surface area (Å²) in [4.78, 5) is 13.5. The van der Waals surface area contributed by atoms with Gasteiger partial charge in [0.15, 0.2) is 0 Å². The molecule has 108 valence electrons. The highest BCUT2D eigenvalue weighted by atomic mass is 35.5. The SMILES string of the molecule is O=C(O)C1Cc2ccccc2N(Cc2cccc(Cl)c2)C1. The lowest BCUT2D eigenvalue weighted by molar-refractivity contribution is -0.141. The highest BCUT2D eigenvalue weighted by Crippen LogP contribution is 2.31. The number of nitrogens with zero attached hydrogens (tertiary/aromatic N) is 1. The minimum Gasteiger partial charge on any atom is -0.481 e. The zero-order valence-corrected chi connectivity index (χ0v) is 12.3. The number of fused-ring (bicyclic) bond motifs is 1. The van der Waals surface area contributed by atoms with Gasteiger partial charge in [-0.3, -0.25) is 4.79 Å². The van der Waals surface area contributed by atoms with Crippen LogP contribution in [0.1, 0.15) is 11.1 Å². The van der Waals surface area contributed by atoms with E-state index in [0.717, 1.165) is 16.8 Å². The summed E-state index contributed by atoms with van der Waals surface area (Å²) in [5.41, 5.74) is 3.30. The summed E-state index contributed by atoms with van der Waals surface area (Å²) in [6.45, 7) is 1.19. The summed E-state index contributed by atoms with van der Waals surface area (Å²) in [6, 6.07) is 15.7. The number of carboxylic acid groups (broad SMARTS) is 1. The van der Waals surface area contributed by atoms with Crippen LogP contribution in [-0.4, -0.2) is 17.6 Å². The smallest absolute Gasteiger partial charge is 0.308 e. The summed E-state index contributed by atoms with van der Waals surface area (Å²) in [7, 11) is 0. The number of rotatable bonds is 3. The van der Waals surface area contributed by atoms with Gasteiger partial charge in [-0.15, -0.1) is 0 Å². The third kappa shape index (κ3) is 3.03. The predicted octanol–water partition coefficient (Wildman–Crippen LogP) is 3.60. The zero-order valence-electron chi connectivity index (χ0n) is 11.5. The molecule has 3 rings (SSSR count). The van der Waals surface area contributed by atoms with E-state index in [2.05, 4.69) is 11.0 Å². The summed E-state index contributed by atoms with van der Waals surface area (Å²) < 4.78 is 0. The van der Waals surface area contributed by atoms with Gasteiger partial charge in [-0.05, 0) is 35.7 Å². The van der Waals surface area contributed by atoms with E-state index >= 15 is 0 Å². The summed E-state index contributed by atoms with van der Waals surface area (Å²) >= 11 is 6.03. The van der Waals surface area contributed by atoms with Crippen molar-refractivity contribution in [3.05, 3.63) is 64.7 Å². The number of carboxylic acids is 1. The second-order valence-corrected chi connectivity index (χ2v) is 5.81. The number of anilines is 1. The van der Waals surface area contributed by atoms with Crippen LogP contribution < -0.4 is 4.90 Å². The Bertz CT molecular complexity index is 671. The van der Waals surface area contributed by atoms with Crippen molar-refractivity contribution in [2.75, 3.05) is 11.4 Å². The lowest BCUT2D eigenvalue weighted by Gasteiger charge is -2.34. The maximum absolute atomic E-state index is 11.4. The first-order valence-corrected chi connectivity index (χ1v) is 7.31. The Labute approximate surface area is 128 Å². The molecule has 0 amide bonds. The molecule has 1 unspecified atom stereocenters. The second kappa shape index (κ2) is 5.78. The van der Waals surface area contributed by atoms with Crippen LogP contribution in [0.3, 0.4) is 0 Å². The van der Waals surface area contributed by atoms with Crippen LogP contribution in [0.15, 0.2) is 48.5 Å². The standard InChI is InChI=1S/C17H16ClNO2/c18-15-6-3-4-12(8-15)10-19-11-14(17(20)21)9-13-5-1-2-7-16(13)19/h1-8,14H,9-11H2,(H,20,21). The van der Waals surface area contributed by atoms with E-state index in [-0.39, 0.29) is 5.92 Å². The first kappa shape index (κ1) is 14.0. The van der Waals surface area contributed by atoms with Crippen LogP contribution in [0.25, 0.3) is 0 Å². The molecule has 0 spiro atoms. The zero-order chi connectivity index (χ0) is 14.8. The third-order valence-corrected chi connectivity index (χ3v) is 4.09. The molecule has 1 aliphatic rings. The third-order valence-electron chi connectivity index (χ3n) is 3.85. The van der Waals surface area contributed by atoms with Crippen molar-refractivity contribution in [2.45, 2.75) is 13.0 Å². The van der Waals surface area contributed by atoms with Gasteiger partial charge in [-0.2, -0.15) is 0 Å². The van der Waals surface area contributed by atoms with Crippen LogP contribution in [0.5, 0.6) is 0 Å². The highest BCUT2D eigenvalue weighted by molar-refractivity contribution is 6.30. The van der Waals surface area contributed by atoms with E-state index in [9.17, 15) is 9.90 Å². The molecule has 2 aromatic rings. The van der Waals surface area contributed by atoms with Crippen molar-refractivity contribution >= 4 is 23.3 Å². The van der Waals surface area contributed by atoms with Gasteiger partial charge >= 0.3 is 5.97 Å². The molecule has 0 saturated carbocycles. The minimum atomic E-state index is -0.736. The van der Waals surface area contributed by atoms with Gasteiger partial charge in [-0.25, -0.2) is 0 Å². The minimum absolute atomic E-state index is 0.362. The number of hydrogen-bond donors (Lipinski definition) is 1. The molecule has 0 fully saturated rings. The molecule has 0 radical (unpaired) electrons. The average Bonchev–Trinajstić information content (AvgIpc) is 2.47. The molecule has 0 aliphatic carbocycles. The number of benzene rings is 2. The van der Waals surface area contributed by atoms with E-state index in [4.69, 9.17) is 11.6 Å². The van der Waals surface area contributed by atoms with Gasteiger partial charge in [0.2, 0.25) is 0 Å². The number of halogens is 1. The van der Waals surface area contributed by atoms with Crippen molar-refractivity contribution in [3.8, 4) is 0 Å². The molecule has 0 bridgehead atoms. The normalized spacial score (nSPS) is 17.4. The van der Waals surface area contributed by atoms with E-state index in [1.165, 1.54) is 0 Å². The quantitative estimate of drug-likeness (QED) is 0.941. The molecule has 3 nitrogen and oxygen atoms in total. The van der Waals surface area contributed by atoms with Gasteiger partial charge in [0.25, 0.3) is 0 Å². The van der Waals surface area contributed by atoms with Crippen molar-refractivity contribution in [1.82, 2.24) is 0 Å². The van der Waals surface area contributed by atoms with E-state index in [0.29, 0.717) is 24.5 Å². The van der Waals surface area contributed by atoms with E-state index < -0.39 is 5.97 Å². The van der Waals surface area contributed by atoms with Gasteiger partial charge < -0.3 is 10.0 Å². The number of aliphatic carboxylic acids is 1. The lowest BCUT2D eigenvalue weighted by Crippen LogP contribution is -2.38. The van der Waals surface area contributed by atoms with Gasteiger partial charge in [0.1, 0.15) is 0 Å². The maximum atomic E-state index is 11.4. The monoisotopic (exact) mass is 301 g/mol. The molecule has 21 heavy (non-hydrogen) atoms. The highest BCUT2D eigenvalue weighted by Gasteiger charge is 2.28. The Kier molecular flexibility index (Phi) is 3.84. The topological polar surface area (TPSA) is 40.5 Å². The maximum Gasteiger partial charge on any atom is 0.308 e. The first-order chi connectivity index (χ1) is 10.1. The Balaban J connectivity index is 1.91. The fourth-order valence-corrected chi connectivity index (χ4v) is 3.07. The molecule has 1 atom stereocenters. The number of carbonyl (C=O) groups is 1. The van der Waals surface area contributed by atoms with Crippen LogP contribution >= 0.6 is 11.6 Å². The Morgan fingerprint density at radius 2 is 2.05 bits per heavy atom. The molecule has 1 N–H and O–H groups in total. The first-order valence-electron chi connectivity index (χ1n) is 6.93. The number of hydrogen-bond acceptors (Lipinski definition) is 2. The fourth-order valence-electron chi connectivity index (χ4n) is 2.86. The van der Waals surface area contributed by atoms with Crippen molar-refractivity contribution < 1.29 is 9.90 Å². The predicted molar refractivity (Wildman–Crippen MR) is 83.8 cm³/mol. The van der Waals surface area contributed by atoms with Crippen LogP contribution in [0.2, 0.25) is 5.02 Å². The van der Waals surface area contributed by atoms with Crippen LogP contribution in [0, 0.1) is 5.92 Å². The summed E-state index contributed by atoms with van der Waals surface area (Å²) in [6.07, 6.45) is 0.595. The van der Waals surface area contributed by atoms with Gasteiger partial charge in [-0.1, -0.05) is 41.9 Å². The van der Waals surface area contributed by atoms with E-state index in [1.807, 2.05) is 42.5 Å². The summed E-state index contributed by atoms with van der Waals surface area (Å²) in [5, 5.41) is 10.0. The Hall–Kier alpha value is -2.00. The molecule has 0 saturated heterocycles. The Morgan fingerprint density at radius 3 is 2.81 bits per heavy atom. The molecular formula is C17H16ClNO2. The molecule has 2 aromatic carbocycles. The molecule has 1 heterocycles. The van der Waals surface area contributed by atoms with Crippen LogP contribution in [-0.2, 0) is 17.8 Å². The average molecular weight is 302 g/mol. The molecule has 1 aliphatic heterocycles. The molecule has 4 heteroatoms. The van der Waals surface area contributed by atoms with E-state index in [1.54, 1.807) is 0 Å².